The third kappa shape index (κ3) is 2.64. The lowest BCUT2D eigenvalue weighted by Crippen LogP contribution is -2.30. The standard InChI is InChI=1S/C13H20N2S/c1-2-4-11(5-3-1)14-8-12-9-16-13(15-12)10-6-7-10/h9-11,14H,1-8H2. The fraction of sp³-hybridized carbons (Fsp3) is 0.769. The molecule has 3 heteroatoms. The summed E-state index contributed by atoms with van der Waals surface area (Å²) in [7, 11) is 0. The van der Waals surface area contributed by atoms with Gasteiger partial charge in [-0.1, -0.05) is 19.3 Å². The first kappa shape index (κ1) is 10.7. The first-order chi connectivity index (χ1) is 7.92. The lowest BCUT2D eigenvalue weighted by Gasteiger charge is -2.22. The van der Waals surface area contributed by atoms with E-state index >= 15 is 0 Å². The average Bonchev–Trinajstić information content (AvgIpc) is 3.08. The molecule has 0 atom stereocenters. The van der Waals surface area contributed by atoms with E-state index in [4.69, 9.17) is 4.98 Å². The molecule has 2 aliphatic carbocycles. The van der Waals surface area contributed by atoms with Crippen LogP contribution in [-0.2, 0) is 6.54 Å². The molecule has 2 saturated carbocycles. The van der Waals surface area contributed by atoms with Crippen molar-refractivity contribution in [3.05, 3.63) is 16.1 Å². The highest BCUT2D eigenvalue weighted by Crippen LogP contribution is 2.41. The summed E-state index contributed by atoms with van der Waals surface area (Å²) < 4.78 is 0. The van der Waals surface area contributed by atoms with E-state index in [1.54, 1.807) is 0 Å². The summed E-state index contributed by atoms with van der Waals surface area (Å²) in [4.78, 5) is 4.71. The van der Waals surface area contributed by atoms with Crippen LogP contribution in [0.15, 0.2) is 5.38 Å². The van der Waals surface area contributed by atoms with E-state index in [1.807, 2.05) is 11.3 Å². The molecule has 0 aromatic carbocycles. The van der Waals surface area contributed by atoms with Gasteiger partial charge in [0.05, 0.1) is 10.7 Å². The molecule has 1 aromatic heterocycles. The summed E-state index contributed by atoms with van der Waals surface area (Å²) in [5.74, 6) is 0.813. The highest BCUT2D eigenvalue weighted by atomic mass is 32.1. The molecule has 2 nitrogen and oxygen atoms in total. The fourth-order valence-corrected chi connectivity index (χ4v) is 3.47. The highest BCUT2D eigenvalue weighted by molar-refractivity contribution is 7.09. The Bertz CT molecular complexity index is 337. The van der Waals surface area contributed by atoms with Crippen LogP contribution in [0, 0.1) is 0 Å². The number of hydrogen-bond donors (Lipinski definition) is 1. The molecule has 1 N–H and O–H groups in total. The minimum atomic E-state index is 0.750. The summed E-state index contributed by atoms with van der Waals surface area (Å²) in [6.45, 7) is 0.980. The Morgan fingerprint density at radius 1 is 1.19 bits per heavy atom. The van der Waals surface area contributed by atoms with Gasteiger partial charge in [-0.05, 0) is 25.7 Å². The minimum Gasteiger partial charge on any atom is -0.308 e. The third-order valence-electron chi connectivity index (χ3n) is 3.67. The van der Waals surface area contributed by atoms with Crippen molar-refractivity contribution in [2.75, 3.05) is 0 Å². The van der Waals surface area contributed by atoms with Crippen LogP contribution in [0.3, 0.4) is 0 Å². The molecule has 1 aromatic rings. The Balaban J connectivity index is 1.49. The van der Waals surface area contributed by atoms with Gasteiger partial charge in [0.2, 0.25) is 0 Å². The predicted molar refractivity (Wildman–Crippen MR) is 67.8 cm³/mol. The Hall–Kier alpha value is -0.410. The first-order valence-corrected chi connectivity index (χ1v) is 7.47. The zero-order valence-corrected chi connectivity index (χ0v) is 10.6. The zero-order chi connectivity index (χ0) is 10.8. The van der Waals surface area contributed by atoms with Crippen LogP contribution in [0.2, 0.25) is 0 Å². The molecule has 3 rings (SSSR count). The third-order valence-corrected chi connectivity index (χ3v) is 4.73. The van der Waals surface area contributed by atoms with Crippen LogP contribution in [0.4, 0.5) is 0 Å². The second kappa shape index (κ2) is 4.84. The number of hydrogen-bond acceptors (Lipinski definition) is 3. The van der Waals surface area contributed by atoms with Gasteiger partial charge in [-0.25, -0.2) is 4.98 Å². The van der Waals surface area contributed by atoms with Crippen molar-refractivity contribution >= 4 is 11.3 Å². The number of rotatable bonds is 4. The van der Waals surface area contributed by atoms with E-state index in [1.165, 1.54) is 55.6 Å². The monoisotopic (exact) mass is 236 g/mol. The molecule has 0 bridgehead atoms. The van der Waals surface area contributed by atoms with Crippen molar-refractivity contribution in [2.24, 2.45) is 0 Å². The molecule has 0 radical (unpaired) electrons. The van der Waals surface area contributed by atoms with Gasteiger partial charge in [-0.2, -0.15) is 0 Å². The molecule has 0 amide bonds. The highest BCUT2D eigenvalue weighted by Gasteiger charge is 2.26. The molecule has 16 heavy (non-hydrogen) atoms. The Kier molecular flexibility index (Phi) is 3.25. The first-order valence-electron chi connectivity index (χ1n) is 6.59. The number of nitrogens with one attached hydrogen (secondary N) is 1. The van der Waals surface area contributed by atoms with E-state index in [-0.39, 0.29) is 0 Å². The SMILES string of the molecule is c1sc(C2CC2)nc1CNC1CCCCC1. The van der Waals surface area contributed by atoms with Crippen LogP contribution in [0.1, 0.15) is 61.6 Å². The average molecular weight is 236 g/mol. The van der Waals surface area contributed by atoms with Gasteiger partial charge in [0.15, 0.2) is 0 Å². The van der Waals surface area contributed by atoms with Gasteiger partial charge >= 0.3 is 0 Å². The van der Waals surface area contributed by atoms with Crippen LogP contribution < -0.4 is 5.32 Å². The quantitative estimate of drug-likeness (QED) is 0.866. The van der Waals surface area contributed by atoms with Crippen LogP contribution in [-0.4, -0.2) is 11.0 Å². The lowest BCUT2D eigenvalue weighted by atomic mass is 9.95. The molecule has 0 spiro atoms. The Morgan fingerprint density at radius 2 is 2.00 bits per heavy atom. The normalized spacial score (nSPS) is 22.5. The molecule has 0 unspecified atom stereocenters. The zero-order valence-electron chi connectivity index (χ0n) is 9.74. The van der Waals surface area contributed by atoms with E-state index in [9.17, 15) is 0 Å². The van der Waals surface area contributed by atoms with Crippen molar-refractivity contribution in [1.82, 2.24) is 10.3 Å². The van der Waals surface area contributed by atoms with Crippen molar-refractivity contribution in [1.29, 1.82) is 0 Å². The second-order valence-electron chi connectivity index (χ2n) is 5.17. The summed E-state index contributed by atoms with van der Waals surface area (Å²) in [5, 5.41) is 7.27. The van der Waals surface area contributed by atoms with Crippen LogP contribution in [0.5, 0.6) is 0 Å². The summed E-state index contributed by atoms with van der Waals surface area (Å²) in [5.41, 5.74) is 1.26. The summed E-state index contributed by atoms with van der Waals surface area (Å²) in [6.07, 6.45) is 9.69. The predicted octanol–water partition coefficient (Wildman–Crippen LogP) is 3.44. The maximum Gasteiger partial charge on any atom is 0.0959 e. The lowest BCUT2D eigenvalue weighted by molar-refractivity contribution is 0.371. The van der Waals surface area contributed by atoms with Crippen LogP contribution >= 0.6 is 11.3 Å². The van der Waals surface area contributed by atoms with Crippen molar-refractivity contribution in [3.8, 4) is 0 Å². The molecular formula is C13H20N2S. The van der Waals surface area contributed by atoms with Crippen molar-refractivity contribution in [3.63, 3.8) is 0 Å². The topological polar surface area (TPSA) is 24.9 Å². The molecule has 0 saturated heterocycles. The molecule has 1 heterocycles. The Labute approximate surface area is 101 Å². The maximum absolute atomic E-state index is 4.71. The van der Waals surface area contributed by atoms with Gasteiger partial charge < -0.3 is 5.32 Å². The van der Waals surface area contributed by atoms with Crippen molar-refractivity contribution < 1.29 is 0 Å². The van der Waals surface area contributed by atoms with E-state index in [2.05, 4.69) is 10.7 Å². The van der Waals surface area contributed by atoms with E-state index < -0.39 is 0 Å². The smallest absolute Gasteiger partial charge is 0.0959 e. The van der Waals surface area contributed by atoms with E-state index in [0.29, 0.717) is 0 Å². The summed E-state index contributed by atoms with van der Waals surface area (Å²) in [6, 6.07) is 0.750. The van der Waals surface area contributed by atoms with Gasteiger partial charge in [0.1, 0.15) is 0 Å². The van der Waals surface area contributed by atoms with Gasteiger partial charge in [-0.3, -0.25) is 0 Å². The minimum absolute atomic E-state index is 0.750. The summed E-state index contributed by atoms with van der Waals surface area (Å²) >= 11 is 1.86. The largest absolute Gasteiger partial charge is 0.308 e. The molecular weight excluding hydrogens is 216 g/mol. The van der Waals surface area contributed by atoms with Crippen LogP contribution in [0.25, 0.3) is 0 Å². The van der Waals surface area contributed by atoms with Gasteiger partial charge in [0.25, 0.3) is 0 Å². The maximum atomic E-state index is 4.71. The number of thiazole rings is 1. The fourth-order valence-electron chi connectivity index (χ4n) is 2.48. The number of nitrogens with zero attached hydrogens (tertiary/aromatic N) is 1. The second-order valence-corrected chi connectivity index (χ2v) is 6.06. The van der Waals surface area contributed by atoms with Gasteiger partial charge in [0, 0.05) is 23.9 Å². The Morgan fingerprint density at radius 3 is 2.75 bits per heavy atom. The molecule has 88 valence electrons. The van der Waals surface area contributed by atoms with Crippen molar-refractivity contribution in [2.45, 2.75) is 63.5 Å². The molecule has 0 aliphatic heterocycles. The number of aromatic nitrogens is 1. The van der Waals surface area contributed by atoms with Gasteiger partial charge in [-0.15, -0.1) is 11.3 Å². The molecule has 2 fully saturated rings. The molecule has 2 aliphatic rings. The van der Waals surface area contributed by atoms with E-state index in [0.717, 1.165) is 18.5 Å².